The highest BCUT2D eigenvalue weighted by atomic mass is 32.2. The molecule has 1 aromatic carbocycles. The summed E-state index contributed by atoms with van der Waals surface area (Å²) in [7, 11) is -2.10. The third-order valence-corrected chi connectivity index (χ3v) is 3.79. The normalized spacial score (nSPS) is 11.6. The second-order valence-corrected chi connectivity index (χ2v) is 5.78. The lowest BCUT2D eigenvalue weighted by molar-refractivity contribution is 0.386. The maximum absolute atomic E-state index is 13.3. The highest BCUT2D eigenvalue weighted by molar-refractivity contribution is 7.93. The Hall–Kier alpha value is -1.30. The maximum atomic E-state index is 13.3. The molecule has 1 rings (SSSR count). The molecule has 0 radical (unpaired) electrons. The van der Waals surface area contributed by atoms with Gasteiger partial charge < -0.3 is 4.74 Å². The molecule has 90 valence electrons. The Balaban J connectivity index is 2.96. The first-order valence-corrected chi connectivity index (χ1v) is 6.26. The lowest BCUT2D eigenvalue weighted by atomic mass is 10.3. The van der Waals surface area contributed by atoms with E-state index in [1.54, 1.807) is 13.8 Å². The molecule has 1 N–H and O–H groups in total. The Morgan fingerprint density at radius 3 is 2.44 bits per heavy atom. The first-order chi connectivity index (χ1) is 7.36. The van der Waals surface area contributed by atoms with E-state index in [2.05, 4.69) is 4.72 Å². The Kier molecular flexibility index (Phi) is 3.74. The van der Waals surface area contributed by atoms with Gasteiger partial charge in [0.15, 0.2) is 11.6 Å². The molecule has 4 nitrogen and oxygen atoms in total. The van der Waals surface area contributed by atoms with Gasteiger partial charge in [-0.1, -0.05) is 0 Å². The SMILES string of the molecule is COc1ccc(NS(=O)(=O)C(C)C)cc1F. The van der Waals surface area contributed by atoms with Crippen LogP contribution in [-0.4, -0.2) is 20.8 Å². The minimum atomic E-state index is -3.45. The van der Waals surface area contributed by atoms with Gasteiger partial charge in [0, 0.05) is 6.07 Å². The minimum absolute atomic E-state index is 0.0764. The van der Waals surface area contributed by atoms with Gasteiger partial charge in [-0.25, -0.2) is 12.8 Å². The molecule has 0 aromatic heterocycles. The van der Waals surface area contributed by atoms with E-state index < -0.39 is 21.1 Å². The summed E-state index contributed by atoms with van der Waals surface area (Å²) in [6, 6.07) is 3.90. The second-order valence-electron chi connectivity index (χ2n) is 3.55. The molecule has 0 unspecified atom stereocenters. The lowest BCUT2D eigenvalue weighted by Gasteiger charge is -2.11. The van der Waals surface area contributed by atoms with Gasteiger partial charge in [0.2, 0.25) is 10.0 Å². The summed E-state index contributed by atoms with van der Waals surface area (Å²) in [4.78, 5) is 0. The van der Waals surface area contributed by atoms with Gasteiger partial charge in [-0.2, -0.15) is 0 Å². The standard InChI is InChI=1S/C10H14FNO3S/c1-7(2)16(13,14)12-8-4-5-10(15-3)9(11)6-8/h4-7,12H,1-3H3. The number of rotatable bonds is 4. The topological polar surface area (TPSA) is 55.4 Å². The summed E-state index contributed by atoms with van der Waals surface area (Å²) in [5, 5.41) is -0.572. The molecule has 0 bridgehead atoms. The molecule has 0 saturated heterocycles. The summed E-state index contributed by atoms with van der Waals surface area (Å²) < 4.78 is 43.3. The van der Waals surface area contributed by atoms with Gasteiger partial charge >= 0.3 is 0 Å². The van der Waals surface area contributed by atoms with Crippen molar-refractivity contribution in [3.05, 3.63) is 24.0 Å². The third-order valence-electron chi connectivity index (χ3n) is 2.03. The van der Waals surface area contributed by atoms with Crippen LogP contribution in [0.15, 0.2) is 18.2 Å². The number of benzene rings is 1. The first kappa shape index (κ1) is 12.8. The molecule has 0 aliphatic heterocycles. The van der Waals surface area contributed by atoms with Crippen molar-refractivity contribution in [1.29, 1.82) is 0 Å². The fourth-order valence-electron chi connectivity index (χ4n) is 1.01. The van der Waals surface area contributed by atoms with Crippen molar-refractivity contribution in [1.82, 2.24) is 0 Å². The fourth-order valence-corrected chi connectivity index (χ4v) is 1.70. The summed E-state index contributed by atoms with van der Waals surface area (Å²) in [6.45, 7) is 3.09. The summed E-state index contributed by atoms with van der Waals surface area (Å²) in [5.41, 5.74) is 0.187. The predicted octanol–water partition coefficient (Wildman–Crippen LogP) is 1.98. The fraction of sp³-hybridized carbons (Fsp3) is 0.400. The molecule has 6 heteroatoms. The number of hydrogen-bond donors (Lipinski definition) is 1. The van der Waals surface area contributed by atoms with Crippen LogP contribution >= 0.6 is 0 Å². The van der Waals surface area contributed by atoms with Crippen LogP contribution in [0.4, 0.5) is 10.1 Å². The van der Waals surface area contributed by atoms with E-state index in [-0.39, 0.29) is 11.4 Å². The molecule has 0 aliphatic rings. The van der Waals surface area contributed by atoms with Crippen LogP contribution in [0.25, 0.3) is 0 Å². The zero-order valence-corrected chi connectivity index (χ0v) is 10.1. The van der Waals surface area contributed by atoms with Crippen molar-refractivity contribution in [2.75, 3.05) is 11.8 Å². The molecule has 0 atom stereocenters. The quantitative estimate of drug-likeness (QED) is 0.885. The number of ether oxygens (including phenoxy) is 1. The number of nitrogens with one attached hydrogen (secondary N) is 1. The molecular formula is C10H14FNO3S. The minimum Gasteiger partial charge on any atom is -0.494 e. The van der Waals surface area contributed by atoms with Crippen LogP contribution in [0.1, 0.15) is 13.8 Å². The van der Waals surface area contributed by atoms with E-state index in [1.807, 2.05) is 0 Å². The molecule has 0 saturated carbocycles. The van der Waals surface area contributed by atoms with Gasteiger partial charge in [0.1, 0.15) is 0 Å². The second kappa shape index (κ2) is 4.69. The van der Waals surface area contributed by atoms with Crippen molar-refractivity contribution in [3.63, 3.8) is 0 Å². The molecule has 0 fully saturated rings. The maximum Gasteiger partial charge on any atom is 0.235 e. The number of hydrogen-bond acceptors (Lipinski definition) is 3. The van der Waals surface area contributed by atoms with E-state index >= 15 is 0 Å². The molecular weight excluding hydrogens is 233 g/mol. The highest BCUT2D eigenvalue weighted by Gasteiger charge is 2.16. The Morgan fingerprint density at radius 1 is 1.38 bits per heavy atom. The van der Waals surface area contributed by atoms with Crippen molar-refractivity contribution < 1.29 is 17.5 Å². The highest BCUT2D eigenvalue weighted by Crippen LogP contribution is 2.21. The van der Waals surface area contributed by atoms with Gasteiger partial charge in [-0.15, -0.1) is 0 Å². The van der Waals surface area contributed by atoms with Crippen molar-refractivity contribution in [3.8, 4) is 5.75 Å². The van der Waals surface area contributed by atoms with Crippen molar-refractivity contribution in [2.45, 2.75) is 19.1 Å². The van der Waals surface area contributed by atoms with Gasteiger partial charge in [-0.05, 0) is 26.0 Å². The average molecular weight is 247 g/mol. The third kappa shape index (κ3) is 2.85. The van der Waals surface area contributed by atoms with E-state index in [1.165, 1.54) is 19.2 Å². The number of halogens is 1. The summed E-state index contributed by atoms with van der Waals surface area (Å²) in [6.07, 6.45) is 0. The number of anilines is 1. The molecule has 0 aliphatic carbocycles. The zero-order chi connectivity index (χ0) is 12.3. The average Bonchev–Trinajstić information content (AvgIpc) is 2.17. The Labute approximate surface area is 94.5 Å². The molecule has 1 aromatic rings. The Morgan fingerprint density at radius 2 is 2.00 bits per heavy atom. The molecule has 0 heterocycles. The molecule has 0 amide bonds. The summed E-state index contributed by atoms with van der Waals surface area (Å²) in [5.74, 6) is -0.529. The largest absolute Gasteiger partial charge is 0.494 e. The smallest absolute Gasteiger partial charge is 0.235 e. The number of sulfonamides is 1. The lowest BCUT2D eigenvalue weighted by Crippen LogP contribution is -2.22. The zero-order valence-electron chi connectivity index (χ0n) is 9.32. The van der Waals surface area contributed by atoms with Crippen LogP contribution in [-0.2, 0) is 10.0 Å². The van der Waals surface area contributed by atoms with Gasteiger partial charge in [0.25, 0.3) is 0 Å². The van der Waals surface area contributed by atoms with Gasteiger partial charge in [-0.3, -0.25) is 4.72 Å². The molecule has 16 heavy (non-hydrogen) atoms. The van der Waals surface area contributed by atoms with Gasteiger partial charge in [0.05, 0.1) is 18.0 Å². The van der Waals surface area contributed by atoms with Crippen molar-refractivity contribution in [2.24, 2.45) is 0 Å². The molecule has 0 spiro atoms. The van der Waals surface area contributed by atoms with E-state index in [9.17, 15) is 12.8 Å². The van der Waals surface area contributed by atoms with E-state index in [4.69, 9.17) is 4.74 Å². The van der Waals surface area contributed by atoms with E-state index in [0.717, 1.165) is 6.07 Å². The van der Waals surface area contributed by atoms with Crippen LogP contribution in [0.5, 0.6) is 5.75 Å². The van der Waals surface area contributed by atoms with Crippen LogP contribution < -0.4 is 9.46 Å². The van der Waals surface area contributed by atoms with E-state index in [0.29, 0.717) is 0 Å². The van der Waals surface area contributed by atoms with Crippen LogP contribution in [0, 0.1) is 5.82 Å². The van der Waals surface area contributed by atoms with Crippen LogP contribution in [0.2, 0.25) is 0 Å². The number of methoxy groups -OCH3 is 1. The van der Waals surface area contributed by atoms with Crippen molar-refractivity contribution >= 4 is 15.7 Å². The summed E-state index contributed by atoms with van der Waals surface area (Å²) >= 11 is 0. The first-order valence-electron chi connectivity index (χ1n) is 4.72. The Bertz CT molecular complexity index is 471. The predicted molar refractivity (Wildman–Crippen MR) is 60.6 cm³/mol. The van der Waals surface area contributed by atoms with Crippen LogP contribution in [0.3, 0.4) is 0 Å². The monoisotopic (exact) mass is 247 g/mol.